The fourth-order valence-electron chi connectivity index (χ4n) is 3.16. The molecule has 0 spiro atoms. The van der Waals surface area contributed by atoms with Gasteiger partial charge in [0.25, 0.3) is 0 Å². The van der Waals surface area contributed by atoms with Gasteiger partial charge < -0.3 is 29.2 Å². The predicted octanol–water partition coefficient (Wildman–Crippen LogP) is 2.82. The minimum absolute atomic E-state index is 0.0164. The number of benzene rings is 1. The maximum Gasteiger partial charge on any atom is 0.340 e. The molecule has 10 heteroatoms. The van der Waals surface area contributed by atoms with Crippen LogP contribution in [0.2, 0.25) is 0 Å². The number of aromatic nitrogens is 1. The average Bonchev–Trinajstić information content (AvgIpc) is 3.05. The van der Waals surface area contributed by atoms with Crippen LogP contribution in [0.15, 0.2) is 12.1 Å². The first-order valence-electron chi connectivity index (χ1n) is 9.74. The number of ether oxygens (including phenoxy) is 4. The Morgan fingerprint density at radius 1 is 0.969 bits per heavy atom. The Balaban J connectivity index is 2.26. The summed E-state index contributed by atoms with van der Waals surface area (Å²) in [6.45, 7) is 5.83. The maximum absolute atomic E-state index is 12.7. The van der Waals surface area contributed by atoms with Crippen LogP contribution in [-0.2, 0) is 14.3 Å². The highest BCUT2D eigenvalue weighted by Gasteiger charge is 2.25. The first-order chi connectivity index (χ1) is 15.1. The molecule has 0 saturated heterocycles. The van der Waals surface area contributed by atoms with Gasteiger partial charge in [-0.3, -0.25) is 9.59 Å². The number of carbonyl (C=O) groups is 4. The van der Waals surface area contributed by atoms with Crippen LogP contribution in [0.25, 0.3) is 0 Å². The van der Waals surface area contributed by atoms with Crippen LogP contribution in [0.4, 0.5) is 5.69 Å². The van der Waals surface area contributed by atoms with Gasteiger partial charge in [-0.05, 0) is 26.3 Å². The Labute approximate surface area is 185 Å². The Bertz CT molecular complexity index is 1050. The van der Waals surface area contributed by atoms with Gasteiger partial charge in [0.2, 0.25) is 11.7 Å². The van der Waals surface area contributed by atoms with E-state index in [-0.39, 0.29) is 34.9 Å². The van der Waals surface area contributed by atoms with Crippen LogP contribution in [0, 0.1) is 13.8 Å². The van der Waals surface area contributed by atoms with E-state index >= 15 is 0 Å². The zero-order valence-corrected chi connectivity index (χ0v) is 18.8. The fourth-order valence-corrected chi connectivity index (χ4v) is 3.16. The lowest BCUT2D eigenvalue weighted by atomic mass is 10.1. The lowest BCUT2D eigenvalue weighted by molar-refractivity contribution is -0.114. The molecule has 0 aliphatic rings. The Morgan fingerprint density at radius 3 is 2.16 bits per heavy atom. The van der Waals surface area contributed by atoms with Gasteiger partial charge >= 0.3 is 11.9 Å². The van der Waals surface area contributed by atoms with E-state index in [1.165, 1.54) is 33.3 Å². The van der Waals surface area contributed by atoms with Crippen LogP contribution in [0.5, 0.6) is 11.5 Å². The van der Waals surface area contributed by atoms with Crippen molar-refractivity contribution in [1.82, 2.24) is 4.98 Å². The van der Waals surface area contributed by atoms with Crippen molar-refractivity contribution in [1.29, 1.82) is 0 Å². The topological polar surface area (TPSA) is 133 Å². The molecule has 0 aliphatic carbocycles. The van der Waals surface area contributed by atoms with Crippen LogP contribution in [0.1, 0.15) is 56.3 Å². The van der Waals surface area contributed by atoms with Crippen molar-refractivity contribution in [3.8, 4) is 11.5 Å². The quantitative estimate of drug-likeness (QED) is 0.444. The molecule has 0 unspecified atom stereocenters. The van der Waals surface area contributed by atoms with Crippen molar-refractivity contribution < 1.29 is 38.1 Å². The molecule has 1 amide bonds. The summed E-state index contributed by atoms with van der Waals surface area (Å²) in [7, 11) is 2.81. The largest absolute Gasteiger partial charge is 0.493 e. The van der Waals surface area contributed by atoms with E-state index in [2.05, 4.69) is 10.3 Å². The molecule has 0 radical (unpaired) electrons. The molecule has 1 aromatic carbocycles. The van der Waals surface area contributed by atoms with Crippen molar-refractivity contribution in [3.05, 3.63) is 40.2 Å². The monoisotopic (exact) mass is 446 g/mol. The molecule has 2 aromatic rings. The lowest BCUT2D eigenvalue weighted by Gasteiger charge is -2.14. The third kappa shape index (κ3) is 5.26. The third-order valence-corrected chi connectivity index (χ3v) is 4.58. The number of esters is 2. The van der Waals surface area contributed by atoms with Gasteiger partial charge in [0.15, 0.2) is 18.1 Å². The molecule has 1 aromatic heterocycles. The van der Waals surface area contributed by atoms with Crippen LogP contribution in [0.3, 0.4) is 0 Å². The Kier molecular flexibility index (Phi) is 8.00. The van der Waals surface area contributed by atoms with Crippen LogP contribution >= 0.6 is 0 Å². The fraction of sp³-hybridized carbons (Fsp3) is 0.364. The molecule has 10 nitrogen and oxygen atoms in total. The van der Waals surface area contributed by atoms with E-state index in [0.717, 1.165) is 0 Å². The van der Waals surface area contributed by atoms with E-state index in [9.17, 15) is 19.2 Å². The molecule has 0 bridgehead atoms. The highest BCUT2D eigenvalue weighted by atomic mass is 16.5. The molecule has 1 heterocycles. The molecule has 0 atom stereocenters. The minimum atomic E-state index is -0.852. The van der Waals surface area contributed by atoms with Gasteiger partial charge in [0.1, 0.15) is 0 Å². The Hall–Kier alpha value is -3.82. The molecule has 0 saturated carbocycles. The van der Waals surface area contributed by atoms with Crippen LogP contribution < -0.4 is 14.8 Å². The normalized spacial score (nSPS) is 10.3. The minimum Gasteiger partial charge on any atom is -0.493 e. The highest BCUT2D eigenvalue weighted by Crippen LogP contribution is 2.34. The molecular formula is C22H26N2O8. The van der Waals surface area contributed by atoms with Gasteiger partial charge in [-0.25, -0.2) is 9.59 Å². The first-order valence-corrected chi connectivity index (χ1v) is 9.74. The van der Waals surface area contributed by atoms with Crippen molar-refractivity contribution in [2.24, 2.45) is 0 Å². The lowest BCUT2D eigenvalue weighted by Crippen LogP contribution is -2.18. The standard InChI is InChI=1S/C22H26N2O8/c1-7-31-22(28)19-11(2)20(23-12(19)3)16(26)10-32-21(27)14-8-17(29-5)18(30-6)9-15(14)24-13(4)25/h8-9,23H,7,10H2,1-6H3,(H,24,25). The van der Waals surface area contributed by atoms with E-state index in [0.29, 0.717) is 17.0 Å². The van der Waals surface area contributed by atoms with Gasteiger partial charge in [0, 0.05) is 24.8 Å². The summed E-state index contributed by atoms with van der Waals surface area (Å²) in [6.07, 6.45) is 0. The second-order valence-electron chi connectivity index (χ2n) is 6.78. The summed E-state index contributed by atoms with van der Waals surface area (Å²) in [4.78, 5) is 51.9. The smallest absolute Gasteiger partial charge is 0.340 e. The SMILES string of the molecule is CCOC(=O)c1c(C)[nH]c(C(=O)COC(=O)c2cc(OC)c(OC)cc2NC(C)=O)c1C. The molecule has 2 rings (SSSR count). The number of aromatic amines is 1. The number of ketones is 1. The summed E-state index contributed by atoms with van der Waals surface area (Å²) >= 11 is 0. The van der Waals surface area contributed by atoms with E-state index in [4.69, 9.17) is 18.9 Å². The molecule has 172 valence electrons. The summed E-state index contributed by atoms with van der Waals surface area (Å²) in [5.41, 5.74) is 1.43. The molecule has 0 aliphatic heterocycles. The number of hydrogen-bond acceptors (Lipinski definition) is 8. The average molecular weight is 446 g/mol. The van der Waals surface area contributed by atoms with Gasteiger partial charge in [-0.2, -0.15) is 0 Å². The summed E-state index contributed by atoms with van der Waals surface area (Å²) < 4.78 is 20.6. The zero-order chi connectivity index (χ0) is 24.0. The second kappa shape index (κ2) is 10.5. The number of Topliss-reactive ketones (excluding diaryl/α,β-unsaturated/α-hetero) is 1. The van der Waals surface area contributed by atoms with Crippen molar-refractivity contribution in [3.63, 3.8) is 0 Å². The number of nitrogens with one attached hydrogen (secondary N) is 2. The number of H-pyrrole nitrogens is 1. The molecule has 2 N–H and O–H groups in total. The van der Waals surface area contributed by atoms with Crippen molar-refractivity contribution >= 4 is 29.3 Å². The van der Waals surface area contributed by atoms with E-state index in [1.807, 2.05) is 0 Å². The van der Waals surface area contributed by atoms with Gasteiger partial charge in [-0.1, -0.05) is 0 Å². The molecule has 0 fully saturated rings. The third-order valence-electron chi connectivity index (χ3n) is 4.58. The number of methoxy groups -OCH3 is 2. The predicted molar refractivity (Wildman–Crippen MR) is 115 cm³/mol. The van der Waals surface area contributed by atoms with Gasteiger partial charge in [0.05, 0.1) is 43.3 Å². The highest BCUT2D eigenvalue weighted by molar-refractivity contribution is 6.05. The number of carbonyl (C=O) groups excluding carboxylic acids is 4. The van der Waals surface area contributed by atoms with Crippen molar-refractivity contribution in [2.45, 2.75) is 27.7 Å². The second-order valence-corrected chi connectivity index (χ2v) is 6.78. The maximum atomic E-state index is 12.7. The number of aryl methyl sites for hydroxylation is 1. The van der Waals surface area contributed by atoms with Crippen LogP contribution in [-0.4, -0.2) is 56.0 Å². The molecule has 32 heavy (non-hydrogen) atoms. The number of anilines is 1. The zero-order valence-electron chi connectivity index (χ0n) is 18.8. The first kappa shape index (κ1) is 24.4. The number of hydrogen-bond donors (Lipinski definition) is 2. The summed E-state index contributed by atoms with van der Waals surface area (Å²) in [5, 5.41) is 2.53. The summed E-state index contributed by atoms with van der Waals surface area (Å²) in [6, 6.07) is 2.77. The van der Waals surface area contributed by atoms with E-state index < -0.39 is 30.2 Å². The van der Waals surface area contributed by atoms with E-state index in [1.54, 1.807) is 20.8 Å². The molecular weight excluding hydrogens is 420 g/mol. The Morgan fingerprint density at radius 2 is 1.59 bits per heavy atom. The van der Waals surface area contributed by atoms with Crippen molar-refractivity contribution in [2.75, 3.05) is 32.8 Å². The summed E-state index contributed by atoms with van der Waals surface area (Å²) in [5.74, 6) is -1.79. The van der Waals surface area contributed by atoms with Gasteiger partial charge in [-0.15, -0.1) is 0 Å². The number of amides is 1. The number of rotatable bonds is 9.